The van der Waals surface area contributed by atoms with Gasteiger partial charge in [0.05, 0.1) is 0 Å². The Morgan fingerprint density at radius 3 is 1.76 bits per heavy atom. The molecule has 3 nitrogen and oxygen atoms in total. The first-order valence-electron chi connectivity index (χ1n) is 7.41. The van der Waals surface area contributed by atoms with Crippen molar-refractivity contribution in [2.45, 2.75) is 40.0 Å². The van der Waals surface area contributed by atoms with Crippen molar-refractivity contribution >= 4 is 0 Å². The first kappa shape index (κ1) is 15.2. The third-order valence-corrected chi connectivity index (χ3v) is 3.89. The molecule has 0 saturated carbocycles. The average Bonchev–Trinajstić information content (AvgIpc) is 2.44. The lowest BCUT2D eigenvalue weighted by Crippen LogP contribution is -2.00. The van der Waals surface area contributed by atoms with Gasteiger partial charge in [-0.25, -0.2) is 0 Å². The van der Waals surface area contributed by atoms with Crippen molar-refractivity contribution in [3.63, 3.8) is 0 Å². The lowest BCUT2D eigenvalue weighted by atomic mass is 9.87. The minimum Gasteiger partial charge on any atom is -0.508 e. The average molecular weight is 286 g/mol. The fourth-order valence-electron chi connectivity index (χ4n) is 2.99. The predicted octanol–water partition coefficient (Wildman–Crippen LogP) is 4.16. The number of hydrogen-bond acceptors (Lipinski definition) is 3. The second-order valence-electron chi connectivity index (χ2n) is 5.19. The molecular weight excluding hydrogens is 264 g/mol. The largest absolute Gasteiger partial charge is 0.508 e. The number of phenolic OH excluding ortho intramolecular Hbond substituents is 3. The molecule has 0 fully saturated rings. The number of benzene rings is 2. The summed E-state index contributed by atoms with van der Waals surface area (Å²) >= 11 is 0. The summed E-state index contributed by atoms with van der Waals surface area (Å²) < 4.78 is 0. The van der Waals surface area contributed by atoms with Gasteiger partial charge < -0.3 is 15.3 Å². The summed E-state index contributed by atoms with van der Waals surface area (Å²) in [7, 11) is 0. The summed E-state index contributed by atoms with van der Waals surface area (Å²) in [4.78, 5) is 0. The molecule has 0 aliphatic rings. The van der Waals surface area contributed by atoms with Gasteiger partial charge in [-0.3, -0.25) is 0 Å². The lowest BCUT2D eigenvalue weighted by Gasteiger charge is -2.19. The van der Waals surface area contributed by atoms with E-state index in [0.29, 0.717) is 5.75 Å². The first-order valence-corrected chi connectivity index (χ1v) is 7.41. The van der Waals surface area contributed by atoms with E-state index in [1.807, 2.05) is 13.8 Å². The van der Waals surface area contributed by atoms with Crippen LogP contribution in [-0.4, -0.2) is 15.3 Å². The highest BCUT2D eigenvalue weighted by molar-refractivity contribution is 5.76. The molecule has 0 aromatic heterocycles. The zero-order valence-corrected chi connectivity index (χ0v) is 12.8. The van der Waals surface area contributed by atoms with Crippen molar-refractivity contribution in [1.82, 2.24) is 0 Å². The van der Waals surface area contributed by atoms with Crippen LogP contribution in [0.4, 0.5) is 0 Å². The zero-order chi connectivity index (χ0) is 15.6. The fourth-order valence-corrected chi connectivity index (χ4v) is 2.99. The summed E-state index contributed by atoms with van der Waals surface area (Å²) in [6.45, 7) is 6.11. The number of hydrogen-bond donors (Lipinski definition) is 3. The van der Waals surface area contributed by atoms with Crippen molar-refractivity contribution in [2.75, 3.05) is 0 Å². The van der Waals surface area contributed by atoms with Crippen molar-refractivity contribution in [3.8, 4) is 28.4 Å². The molecule has 2 aromatic carbocycles. The molecule has 0 atom stereocenters. The third kappa shape index (κ3) is 2.82. The number of rotatable bonds is 4. The maximum Gasteiger partial charge on any atom is 0.119 e. The Hall–Kier alpha value is -2.16. The van der Waals surface area contributed by atoms with E-state index in [9.17, 15) is 15.3 Å². The molecule has 0 aliphatic carbocycles. The van der Waals surface area contributed by atoms with Crippen LogP contribution in [0.5, 0.6) is 17.2 Å². The van der Waals surface area contributed by atoms with Gasteiger partial charge in [0.25, 0.3) is 0 Å². The topological polar surface area (TPSA) is 60.7 Å². The smallest absolute Gasteiger partial charge is 0.119 e. The fraction of sp³-hybridized carbons (Fsp3) is 0.333. The molecule has 0 aliphatic heterocycles. The third-order valence-electron chi connectivity index (χ3n) is 3.89. The standard InChI is InChI=1S/C18H22O3/c1-4-11-9-17(21)15(5-2)16(6-3)18(11)12-7-13(19)10-14(20)8-12/h7-10,19-21H,4-6H2,1-3H3. The highest BCUT2D eigenvalue weighted by Gasteiger charge is 2.17. The Bertz CT molecular complexity index is 640. The van der Waals surface area contributed by atoms with E-state index in [-0.39, 0.29) is 11.5 Å². The SMILES string of the molecule is CCc1cc(O)c(CC)c(CC)c1-c1cc(O)cc(O)c1. The maximum absolute atomic E-state index is 10.2. The highest BCUT2D eigenvalue weighted by atomic mass is 16.3. The number of aromatic hydroxyl groups is 3. The number of phenols is 3. The Morgan fingerprint density at radius 1 is 0.714 bits per heavy atom. The maximum atomic E-state index is 10.2. The van der Waals surface area contributed by atoms with E-state index in [0.717, 1.165) is 47.1 Å². The minimum absolute atomic E-state index is 0.0419. The van der Waals surface area contributed by atoms with Crippen LogP contribution in [0.25, 0.3) is 11.1 Å². The Labute approximate surface area is 125 Å². The van der Waals surface area contributed by atoms with Gasteiger partial charge in [0, 0.05) is 6.07 Å². The van der Waals surface area contributed by atoms with Crippen molar-refractivity contribution in [1.29, 1.82) is 0 Å². The van der Waals surface area contributed by atoms with Gasteiger partial charge >= 0.3 is 0 Å². The van der Waals surface area contributed by atoms with Crippen LogP contribution >= 0.6 is 0 Å². The summed E-state index contributed by atoms with van der Waals surface area (Å²) in [6, 6.07) is 6.43. The van der Waals surface area contributed by atoms with E-state index in [1.54, 1.807) is 18.2 Å². The molecule has 0 saturated heterocycles. The first-order chi connectivity index (χ1) is 10.0. The zero-order valence-electron chi connectivity index (χ0n) is 12.8. The molecule has 2 aromatic rings. The van der Waals surface area contributed by atoms with Crippen LogP contribution in [0.15, 0.2) is 24.3 Å². The van der Waals surface area contributed by atoms with Gasteiger partial charge in [0.2, 0.25) is 0 Å². The van der Waals surface area contributed by atoms with Gasteiger partial charge in [0.15, 0.2) is 0 Å². The quantitative estimate of drug-likeness (QED) is 0.791. The van der Waals surface area contributed by atoms with Gasteiger partial charge in [-0.05, 0) is 65.3 Å². The Kier molecular flexibility index (Phi) is 4.41. The molecule has 0 radical (unpaired) electrons. The molecule has 0 bridgehead atoms. The molecule has 0 heterocycles. The van der Waals surface area contributed by atoms with E-state index in [1.165, 1.54) is 6.07 Å². The summed E-state index contributed by atoms with van der Waals surface area (Å²) in [5, 5.41) is 29.7. The molecule has 21 heavy (non-hydrogen) atoms. The normalized spacial score (nSPS) is 10.8. The van der Waals surface area contributed by atoms with Gasteiger partial charge in [-0.2, -0.15) is 0 Å². The lowest BCUT2D eigenvalue weighted by molar-refractivity contribution is 0.451. The molecule has 3 N–H and O–H groups in total. The Balaban J connectivity index is 2.82. The van der Waals surface area contributed by atoms with E-state index < -0.39 is 0 Å². The van der Waals surface area contributed by atoms with Crippen LogP contribution in [0, 0.1) is 0 Å². The van der Waals surface area contributed by atoms with Crippen LogP contribution in [0.3, 0.4) is 0 Å². The second kappa shape index (κ2) is 6.08. The molecule has 2 rings (SSSR count). The molecule has 0 spiro atoms. The number of aryl methyl sites for hydroxylation is 1. The highest BCUT2D eigenvalue weighted by Crippen LogP contribution is 2.38. The van der Waals surface area contributed by atoms with Crippen LogP contribution in [-0.2, 0) is 19.3 Å². The van der Waals surface area contributed by atoms with Crippen molar-refractivity contribution in [3.05, 3.63) is 41.0 Å². The molecular formula is C18H22O3. The monoisotopic (exact) mass is 286 g/mol. The predicted molar refractivity (Wildman–Crippen MR) is 85.0 cm³/mol. The molecule has 0 unspecified atom stereocenters. The van der Waals surface area contributed by atoms with Crippen LogP contribution < -0.4 is 0 Å². The molecule has 112 valence electrons. The van der Waals surface area contributed by atoms with Crippen molar-refractivity contribution in [2.24, 2.45) is 0 Å². The van der Waals surface area contributed by atoms with E-state index >= 15 is 0 Å². The summed E-state index contributed by atoms with van der Waals surface area (Å²) in [5.74, 6) is 0.416. The van der Waals surface area contributed by atoms with Crippen molar-refractivity contribution < 1.29 is 15.3 Å². The second-order valence-corrected chi connectivity index (χ2v) is 5.19. The van der Waals surface area contributed by atoms with E-state index in [4.69, 9.17) is 0 Å². The van der Waals surface area contributed by atoms with E-state index in [2.05, 4.69) is 6.92 Å². The minimum atomic E-state index is 0.0419. The van der Waals surface area contributed by atoms with Crippen LogP contribution in [0.1, 0.15) is 37.5 Å². The van der Waals surface area contributed by atoms with Gasteiger partial charge in [-0.15, -0.1) is 0 Å². The van der Waals surface area contributed by atoms with Gasteiger partial charge in [0.1, 0.15) is 17.2 Å². The Morgan fingerprint density at radius 2 is 1.29 bits per heavy atom. The molecule has 0 amide bonds. The van der Waals surface area contributed by atoms with Crippen LogP contribution in [0.2, 0.25) is 0 Å². The summed E-state index contributed by atoms with van der Waals surface area (Å²) in [6.07, 6.45) is 2.31. The van der Waals surface area contributed by atoms with Gasteiger partial charge in [-0.1, -0.05) is 20.8 Å². The summed E-state index contributed by atoms with van der Waals surface area (Å²) in [5.41, 5.74) is 4.84. The molecule has 3 heteroatoms.